The third-order valence-electron chi connectivity index (χ3n) is 8.49. The van der Waals surface area contributed by atoms with Gasteiger partial charge in [0.15, 0.2) is 0 Å². The van der Waals surface area contributed by atoms with Gasteiger partial charge in [0, 0.05) is 51.4 Å². The van der Waals surface area contributed by atoms with Crippen molar-refractivity contribution < 1.29 is 43.1 Å². The number of hydrogen-bond donors (Lipinski definition) is 6. The first-order valence-corrected chi connectivity index (χ1v) is 17.7. The summed E-state index contributed by atoms with van der Waals surface area (Å²) in [5.74, 6) is -2.94. The normalized spacial score (nSPS) is 14.0. The third kappa shape index (κ3) is 14.6. The number of nitrogens with one attached hydrogen (secondary N) is 5. The summed E-state index contributed by atoms with van der Waals surface area (Å²) in [7, 11) is 2.99. The van der Waals surface area contributed by atoms with Crippen LogP contribution < -0.4 is 32.3 Å². The fourth-order valence-electron chi connectivity index (χ4n) is 5.56. The van der Waals surface area contributed by atoms with Gasteiger partial charge in [-0.25, -0.2) is 9.59 Å². The SMILES string of the molecule is CNC(=O)[C@H](C(C)C)N(C)C(=O)OCc1ccc(NC(=O)[C@H](CCCNC(N)=O)NC(=O)[C@@H](NC(=O)CCCCCN2C(=O)C=CC2=O)C(C)C)cc1. The van der Waals surface area contributed by atoms with E-state index in [0.29, 0.717) is 36.9 Å². The highest BCUT2D eigenvalue weighted by atomic mass is 16.6. The Morgan fingerprint density at radius 3 is 2.04 bits per heavy atom. The van der Waals surface area contributed by atoms with Crippen LogP contribution in [0.2, 0.25) is 0 Å². The molecular weight excluding hydrogens is 688 g/mol. The van der Waals surface area contributed by atoms with Gasteiger partial charge in [0.2, 0.25) is 23.6 Å². The second-order valence-corrected chi connectivity index (χ2v) is 13.4. The molecule has 0 bridgehead atoms. The van der Waals surface area contributed by atoms with E-state index in [1.165, 1.54) is 31.1 Å². The topological polar surface area (TPSA) is 238 Å². The lowest BCUT2D eigenvalue weighted by Gasteiger charge is -2.28. The highest BCUT2D eigenvalue weighted by molar-refractivity contribution is 6.12. The number of ether oxygens (including phenoxy) is 1. The van der Waals surface area contributed by atoms with E-state index >= 15 is 0 Å². The van der Waals surface area contributed by atoms with Crippen LogP contribution in [0.3, 0.4) is 0 Å². The van der Waals surface area contributed by atoms with Gasteiger partial charge in [-0.3, -0.25) is 38.6 Å². The van der Waals surface area contributed by atoms with Crippen LogP contribution >= 0.6 is 0 Å². The quantitative estimate of drug-likeness (QED) is 0.0790. The van der Waals surface area contributed by atoms with Gasteiger partial charge in [-0.2, -0.15) is 0 Å². The van der Waals surface area contributed by atoms with Crippen molar-refractivity contribution in [3.63, 3.8) is 0 Å². The van der Waals surface area contributed by atoms with E-state index in [4.69, 9.17) is 10.5 Å². The molecule has 1 heterocycles. The first-order chi connectivity index (χ1) is 25.0. The van der Waals surface area contributed by atoms with Crippen molar-refractivity contribution in [1.82, 2.24) is 31.1 Å². The lowest BCUT2D eigenvalue weighted by molar-refractivity contribution is -0.137. The summed E-state index contributed by atoms with van der Waals surface area (Å²) in [5.41, 5.74) is 6.18. The first kappa shape index (κ1) is 43.7. The molecule has 53 heavy (non-hydrogen) atoms. The number of nitrogens with two attached hydrogens (primary N) is 1. The van der Waals surface area contributed by atoms with Crippen LogP contribution in [0, 0.1) is 11.8 Å². The van der Waals surface area contributed by atoms with Crippen molar-refractivity contribution in [2.45, 2.75) is 91.0 Å². The smallest absolute Gasteiger partial charge is 0.410 e. The van der Waals surface area contributed by atoms with Gasteiger partial charge in [0.1, 0.15) is 24.7 Å². The molecular formula is C36H54N8O9. The molecule has 0 saturated carbocycles. The largest absolute Gasteiger partial charge is 0.445 e. The summed E-state index contributed by atoms with van der Waals surface area (Å²) in [4.78, 5) is 101. The minimum absolute atomic E-state index is 0.0812. The highest BCUT2D eigenvalue weighted by Gasteiger charge is 2.31. The van der Waals surface area contributed by atoms with Gasteiger partial charge >= 0.3 is 12.1 Å². The summed E-state index contributed by atoms with van der Waals surface area (Å²) >= 11 is 0. The number of primary amides is 1. The zero-order valence-corrected chi connectivity index (χ0v) is 31.4. The number of rotatable bonds is 21. The monoisotopic (exact) mass is 742 g/mol. The molecule has 0 radical (unpaired) electrons. The lowest BCUT2D eigenvalue weighted by atomic mass is 10.0. The van der Waals surface area contributed by atoms with Crippen LogP contribution in [0.5, 0.6) is 0 Å². The number of imide groups is 1. The number of urea groups is 1. The predicted molar refractivity (Wildman–Crippen MR) is 196 cm³/mol. The van der Waals surface area contributed by atoms with Crippen LogP contribution in [-0.4, -0.2) is 103 Å². The molecule has 17 heteroatoms. The Balaban J connectivity index is 1.98. The Labute approximate surface area is 310 Å². The van der Waals surface area contributed by atoms with Crippen LogP contribution in [0.1, 0.15) is 71.8 Å². The zero-order chi connectivity index (χ0) is 39.7. The van der Waals surface area contributed by atoms with Gasteiger partial charge in [0.05, 0.1) is 0 Å². The molecule has 1 aliphatic heterocycles. The summed E-state index contributed by atoms with van der Waals surface area (Å²) in [6.45, 7) is 7.51. The average Bonchev–Trinajstić information content (AvgIpc) is 3.42. The van der Waals surface area contributed by atoms with Crippen molar-refractivity contribution in [2.24, 2.45) is 17.6 Å². The standard InChI is InChI=1S/C36H54N8O9/c1-22(2)30(42-27(45)12-8-7-9-20-44-28(46)17-18-29(44)47)33(49)41-26(11-10-19-39-35(37)51)32(48)40-25-15-13-24(14-16-25)21-53-36(52)43(6)31(23(3)4)34(50)38-5/h13-18,22-23,26,30-31H,7-12,19-21H2,1-6H3,(H,38,50)(H,40,48)(H,41,49)(H,42,45)(H3,37,39,51)/t26-,30-,31-/m0/s1. The van der Waals surface area contributed by atoms with Gasteiger partial charge in [-0.15, -0.1) is 0 Å². The number of nitrogens with zero attached hydrogens (tertiary/aromatic N) is 2. The van der Waals surface area contributed by atoms with Crippen molar-refractivity contribution in [2.75, 3.05) is 32.5 Å². The summed E-state index contributed by atoms with van der Waals surface area (Å²) < 4.78 is 5.40. The maximum atomic E-state index is 13.4. The van der Waals surface area contributed by atoms with Crippen molar-refractivity contribution >= 4 is 53.3 Å². The molecule has 7 N–H and O–H groups in total. The van der Waals surface area contributed by atoms with E-state index in [0.717, 1.165) is 4.90 Å². The van der Waals surface area contributed by atoms with Crippen LogP contribution in [0.4, 0.5) is 15.3 Å². The number of amides is 9. The van der Waals surface area contributed by atoms with Crippen LogP contribution in [0.15, 0.2) is 36.4 Å². The average molecular weight is 743 g/mol. The maximum Gasteiger partial charge on any atom is 0.410 e. The number of carbonyl (C=O) groups is 8. The van der Waals surface area contributed by atoms with Gasteiger partial charge in [0.25, 0.3) is 11.8 Å². The van der Waals surface area contributed by atoms with Crippen molar-refractivity contribution in [3.05, 3.63) is 42.0 Å². The number of carbonyl (C=O) groups excluding carboxylic acids is 8. The molecule has 0 aromatic heterocycles. The number of likely N-dealkylation sites (N-methyl/N-ethyl adjacent to an activating group) is 2. The second kappa shape index (κ2) is 21.8. The van der Waals surface area contributed by atoms with Crippen LogP contribution in [-0.2, 0) is 40.1 Å². The zero-order valence-electron chi connectivity index (χ0n) is 31.4. The number of benzene rings is 1. The molecule has 9 amide bonds. The third-order valence-corrected chi connectivity index (χ3v) is 8.49. The Morgan fingerprint density at radius 1 is 0.830 bits per heavy atom. The number of hydrogen-bond acceptors (Lipinski definition) is 9. The second-order valence-electron chi connectivity index (χ2n) is 13.4. The number of anilines is 1. The maximum absolute atomic E-state index is 13.4. The Bertz CT molecular complexity index is 1480. The first-order valence-electron chi connectivity index (χ1n) is 17.7. The van der Waals surface area contributed by atoms with Gasteiger partial charge < -0.3 is 37.1 Å². The fourth-order valence-corrected chi connectivity index (χ4v) is 5.56. The molecule has 0 saturated heterocycles. The van der Waals surface area contributed by atoms with E-state index in [2.05, 4.69) is 26.6 Å². The van der Waals surface area contributed by atoms with Gasteiger partial charge in [-0.1, -0.05) is 46.2 Å². The summed E-state index contributed by atoms with van der Waals surface area (Å²) in [6.07, 6.45) is 3.95. The molecule has 0 aliphatic carbocycles. The highest BCUT2D eigenvalue weighted by Crippen LogP contribution is 2.15. The summed E-state index contributed by atoms with van der Waals surface area (Å²) in [6, 6.07) is 3.10. The molecule has 3 atom stereocenters. The molecule has 1 aliphatic rings. The summed E-state index contributed by atoms with van der Waals surface area (Å²) in [5, 5.41) is 13.2. The fraction of sp³-hybridized carbons (Fsp3) is 0.556. The minimum Gasteiger partial charge on any atom is -0.445 e. The van der Waals surface area contributed by atoms with Crippen molar-refractivity contribution in [1.29, 1.82) is 0 Å². The molecule has 2 rings (SSSR count). The predicted octanol–water partition coefficient (Wildman–Crippen LogP) is 1.52. The van der Waals surface area contributed by atoms with E-state index < -0.39 is 42.1 Å². The van der Waals surface area contributed by atoms with Crippen LogP contribution in [0.25, 0.3) is 0 Å². The van der Waals surface area contributed by atoms with E-state index in [9.17, 15) is 38.4 Å². The molecule has 0 fully saturated rings. The van der Waals surface area contributed by atoms with Crippen molar-refractivity contribution in [3.8, 4) is 0 Å². The van der Waals surface area contributed by atoms with E-state index in [1.807, 2.05) is 13.8 Å². The molecule has 0 unspecified atom stereocenters. The Morgan fingerprint density at radius 2 is 1.47 bits per heavy atom. The Kier molecular flexibility index (Phi) is 18.0. The Hall–Kier alpha value is -5.48. The van der Waals surface area contributed by atoms with Gasteiger partial charge in [-0.05, 0) is 55.2 Å². The molecule has 0 spiro atoms. The minimum atomic E-state index is -1.04. The molecule has 1 aromatic rings. The van der Waals surface area contributed by atoms with E-state index in [1.54, 1.807) is 38.1 Å². The lowest BCUT2D eigenvalue weighted by Crippen LogP contribution is -2.54. The number of unbranched alkanes of at least 4 members (excludes halogenated alkanes) is 2. The van der Waals surface area contributed by atoms with E-state index in [-0.39, 0.29) is 68.0 Å². The molecule has 292 valence electrons. The molecule has 17 nitrogen and oxygen atoms in total. The molecule has 1 aromatic carbocycles.